The zero-order valence-electron chi connectivity index (χ0n) is 14.1. The molecule has 7 heteroatoms. The maximum atomic E-state index is 12.0. The van der Waals surface area contributed by atoms with Crippen LogP contribution in [0.1, 0.15) is 32.8 Å². The van der Waals surface area contributed by atoms with E-state index in [1.54, 1.807) is 0 Å². The smallest absolute Gasteiger partial charge is 0.240 e. The molecule has 1 aliphatic heterocycles. The summed E-state index contributed by atoms with van der Waals surface area (Å²) in [6.07, 6.45) is 0.120. The molecule has 1 heterocycles. The molecule has 0 spiro atoms. The molecule has 0 aliphatic carbocycles. The minimum absolute atomic E-state index is 0.120. The number of amides is 2. The average Bonchev–Trinajstić information content (AvgIpc) is 2.91. The standard InChI is InChI=1S/C17H22N4O2S/c1-11(2)12(3)20-21-17-19-16(23)14(24-17)9-15(22)18-10-13-7-5-4-6-8-13/h4-8,11,14H,9-10H2,1-3H3,(H,18,22)(H,19,21,23)/b20-12-/t14-/m0/s1. The lowest BCUT2D eigenvalue weighted by molar-refractivity contribution is -0.125. The third-order valence-electron chi connectivity index (χ3n) is 3.61. The van der Waals surface area contributed by atoms with Crippen molar-refractivity contribution in [2.24, 2.45) is 16.1 Å². The van der Waals surface area contributed by atoms with Gasteiger partial charge in [-0.05, 0) is 18.4 Å². The Morgan fingerprint density at radius 3 is 2.71 bits per heavy atom. The number of nitrogens with one attached hydrogen (secondary N) is 2. The second-order valence-electron chi connectivity index (χ2n) is 5.86. The zero-order valence-corrected chi connectivity index (χ0v) is 14.9. The Morgan fingerprint density at radius 1 is 1.33 bits per heavy atom. The third kappa shape index (κ3) is 5.49. The second-order valence-corrected chi connectivity index (χ2v) is 7.05. The molecule has 2 amide bonds. The monoisotopic (exact) mass is 346 g/mol. The van der Waals surface area contributed by atoms with Gasteiger partial charge >= 0.3 is 0 Å². The summed E-state index contributed by atoms with van der Waals surface area (Å²) in [6.45, 7) is 6.40. The van der Waals surface area contributed by atoms with Crippen LogP contribution in [0.25, 0.3) is 0 Å². The minimum atomic E-state index is -0.464. The van der Waals surface area contributed by atoms with Crippen molar-refractivity contribution in [1.29, 1.82) is 0 Å². The first kappa shape index (κ1) is 18.2. The van der Waals surface area contributed by atoms with Crippen LogP contribution in [-0.2, 0) is 16.1 Å². The second kappa shape index (κ2) is 8.63. The van der Waals surface area contributed by atoms with Crippen LogP contribution in [0.3, 0.4) is 0 Å². The first-order valence-electron chi connectivity index (χ1n) is 7.86. The van der Waals surface area contributed by atoms with Crippen LogP contribution in [0.5, 0.6) is 0 Å². The van der Waals surface area contributed by atoms with Crippen molar-refractivity contribution in [3.8, 4) is 0 Å². The number of hydrogen-bond donors (Lipinski definition) is 2. The van der Waals surface area contributed by atoms with Crippen LogP contribution in [0.2, 0.25) is 0 Å². The molecular formula is C17H22N4O2S. The molecule has 0 radical (unpaired) electrons. The van der Waals surface area contributed by atoms with Gasteiger partial charge in [-0.25, -0.2) is 0 Å². The van der Waals surface area contributed by atoms with Gasteiger partial charge in [0.25, 0.3) is 0 Å². The first-order valence-corrected chi connectivity index (χ1v) is 8.74. The Morgan fingerprint density at radius 2 is 2.04 bits per heavy atom. The molecule has 1 fully saturated rings. The molecule has 0 bridgehead atoms. The molecule has 6 nitrogen and oxygen atoms in total. The van der Waals surface area contributed by atoms with E-state index in [2.05, 4.69) is 20.8 Å². The number of carbonyl (C=O) groups excluding carboxylic acids is 2. The van der Waals surface area contributed by atoms with Crippen LogP contribution in [0.15, 0.2) is 40.5 Å². The van der Waals surface area contributed by atoms with E-state index in [1.807, 2.05) is 51.1 Å². The molecule has 0 saturated carbocycles. The SMILES string of the molecule is C/C(=N/N=C1\NC(=O)[C@H](CC(=O)NCc2ccccc2)S1)C(C)C. The molecule has 1 saturated heterocycles. The number of amidine groups is 1. The minimum Gasteiger partial charge on any atom is -0.352 e. The molecule has 1 atom stereocenters. The van der Waals surface area contributed by atoms with E-state index >= 15 is 0 Å². The Labute approximate surface area is 146 Å². The summed E-state index contributed by atoms with van der Waals surface area (Å²) in [5.41, 5.74) is 1.91. The lowest BCUT2D eigenvalue weighted by Gasteiger charge is -2.07. The normalized spacial score (nSPS) is 19.7. The largest absolute Gasteiger partial charge is 0.352 e. The Hall–Kier alpha value is -2.15. The number of carbonyl (C=O) groups is 2. The Balaban J connectivity index is 1.84. The quantitative estimate of drug-likeness (QED) is 0.612. The number of thioether (sulfide) groups is 1. The van der Waals surface area contributed by atoms with Crippen molar-refractivity contribution in [1.82, 2.24) is 10.6 Å². The molecule has 1 aromatic carbocycles. The summed E-state index contributed by atoms with van der Waals surface area (Å²) in [7, 11) is 0. The van der Waals surface area contributed by atoms with Gasteiger partial charge in [-0.3, -0.25) is 9.59 Å². The number of nitrogens with zero attached hydrogens (tertiary/aromatic N) is 2. The molecule has 24 heavy (non-hydrogen) atoms. The molecule has 0 unspecified atom stereocenters. The zero-order chi connectivity index (χ0) is 17.5. The third-order valence-corrected chi connectivity index (χ3v) is 4.69. The molecule has 1 aromatic rings. The van der Waals surface area contributed by atoms with Crippen molar-refractivity contribution in [2.75, 3.05) is 0 Å². The van der Waals surface area contributed by atoms with Crippen LogP contribution in [0, 0.1) is 5.92 Å². The fourth-order valence-corrected chi connectivity index (χ4v) is 2.78. The first-order chi connectivity index (χ1) is 11.5. The summed E-state index contributed by atoms with van der Waals surface area (Å²) >= 11 is 1.24. The lowest BCUT2D eigenvalue weighted by Crippen LogP contribution is -2.31. The van der Waals surface area contributed by atoms with Crippen LogP contribution in [-0.4, -0.2) is 27.9 Å². The number of benzene rings is 1. The molecule has 0 aromatic heterocycles. The summed E-state index contributed by atoms with van der Waals surface area (Å²) < 4.78 is 0. The lowest BCUT2D eigenvalue weighted by atomic mass is 10.1. The van der Waals surface area contributed by atoms with Gasteiger partial charge in [0.2, 0.25) is 11.8 Å². The van der Waals surface area contributed by atoms with E-state index in [4.69, 9.17) is 0 Å². The fraction of sp³-hybridized carbons (Fsp3) is 0.412. The van der Waals surface area contributed by atoms with Crippen LogP contribution >= 0.6 is 11.8 Å². The van der Waals surface area contributed by atoms with Gasteiger partial charge in [0.15, 0.2) is 5.17 Å². The van der Waals surface area contributed by atoms with Gasteiger partial charge in [0.05, 0.1) is 0 Å². The van der Waals surface area contributed by atoms with Crippen molar-refractivity contribution in [2.45, 2.75) is 39.0 Å². The summed E-state index contributed by atoms with van der Waals surface area (Å²) in [5, 5.41) is 13.6. The maximum absolute atomic E-state index is 12.0. The summed E-state index contributed by atoms with van der Waals surface area (Å²) in [6, 6.07) is 9.65. The van der Waals surface area contributed by atoms with E-state index < -0.39 is 5.25 Å². The Kier molecular flexibility index (Phi) is 6.54. The van der Waals surface area contributed by atoms with E-state index in [0.29, 0.717) is 17.6 Å². The van der Waals surface area contributed by atoms with Crippen LogP contribution in [0.4, 0.5) is 0 Å². The summed E-state index contributed by atoms with van der Waals surface area (Å²) in [5.74, 6) is -0.0587. The van der Waals surface area contributed by atoms with Crippen molar-refractivity contribution < 1.29 is 9.59 Å². The fourth-order valence-electron chi connectivity index (χ4n) is 1.86. The van der Waals surface area contributed by atoms with Gasteiger partial charge in [0, 0.05) is 18.7 Å². The van der Waals surface area contributed by atoms with Gasteiger partial charge in [-0.15, -0.1) is 5.10 Å². The van der Waals surface area contributed by atoms with E-state index in [1.165, 1.54) is 11.8 Å². The van der Waals surface area contributed by atoms with Crippen LogP contribution < -0.4 is 10.6 Å². The van der Waals surface area contributed by atoms with Gasteiger partial charge in [-0.1, -0.05) is 55.9 Å². The number of rotatable bonds is 6. The highest BCUT2D eigenvalue weighted by Gasteiger charge is 2.32. The average molecular weight is 346 g/mol. The van der Waals surface area contributed by atoms with Crippen molar-refractivity contribution in [3.05, 3.63) is 35.9 Å². The van der Waals surface area contributed by atoms with Gasteiger partial charge in [0.1, 0.15) is 5.25 Å². The highest BCUT2D eigenvalue weighted by molar-refractivity contribution is 8.15. The van der Waals surface area contributed by atoms with E-state index in [-0.39, 0.29) is 18.2 Å². The molecule has 128 valence electrons. The van der Waals surface area contributed by atoms with E-state index in [9.17, 15) is 9.59 Å². The van der Waals surface area contributed by atoms with Crippen molar-refractivity contribution in [3.63, 3.8) is 0 Å². The maximum Gasteiger partial charge on any atom is 0.240 e. The number of hydrogen-bond acceptors (Lipinski definition) is 5. The highest BCUT2D eigenvalue weighted by atomic mass is 32.2. The van der Waals surface area contributed by atoms with E-state index in [0.717, 1.165) is 11.3 Å². The molecule has 1 aliphatic rings. The highest BCUT2D eigenvalue weighted by Crippen LogP contribution is 2.22. The molecule has 2 rings (SSSR count). The Bertz CT molecular complexity index is 656. The molecule has 2 N–H and O–H groups in total. The summed E-state index contributed by atoms with van der Waals surface area (Å²) in [4.78, 5) is 23.9. The van der Waals surface area contributed by atoms with Gasteiger partial charge in [-0.2, -0.15) is 5.10 Å². The predicted molar refractivity (Wildman–Crippen MR) is 97.8 cm³/mol. The predicted octanol–water partition coefficient (Wildman–Crippen LogP) is 2.31. The topological polar surface area (TPSA) is 82.9 Å². The van der Waals surface area contributed by atoms with Gasteiger partial charge < -0.3 is 10.6 Å². The molecular weight excluding hydrogens is 324 g/mol. The van der Waals surface area contributed by atoms with Crippen molar-refractivity contribution >= 4 is 34.5 Å².